The number of carbonyl (C=O) groups excluding carboxylic acids is 1. The molecule has 1 aliphatic rings. The fraction of sp³-hybridized carbons (Fsp3) is 0.917. The molecule has 1 saturated carbocycles. The van der Waals surface area contributed by atoms with Gasteiger partial charge in [0.2, 0.25) is 0 Å². The van der Waals surface area contributed by atoms with Crippen LogP contribution in [0.1, 0.15) is 26.2 Å². The summed E-state index contributed by atoms with van der Waals surface area (Å²) in [5.74, 6) is -0.183. The van der Waals surface area contributed by atoms with Crippen LogP contribution in [0.3, 0.4) is 0 Å². The zero-order valence-corrected chi connectivity index (χ0v) is 11.0. The van der Waals surface area contributed by atoms with E-state index in [4.69, 9.17) is 14.2 Å². The number of rotatable bonds is 7. The van der Waals surface area contributed by atoms with Crippen LogP contribution in [0.5, 0.6) is 0 Å². The molecule has 0 saturated heterocycles. The van der Waals surface area contributed by atoms with E-state index >= 15 is 0 Å². The summed E-state index contributed by atoms with van der Waals surface area (Å²) in [6, 6.07) is 0. The Hall–Kier alpha value is -0.650. The Morgan fingerprint density at radius 3 is 2.76 bits per heavy atom. The molecule has 17 heavy (non-hydrogen) atoms. The van der Waals surface area contributed by atoms with E-state index in [2.05, 4.69) is 5.32 Å². The summed E-state index contributed by atoms with van der Waals surface area (Å²) in [6.45, 7) is 3.90. The number of esters is 1. The maximum atomic E-state index is 11.8. The first kappa shape index (κ1) is 14.4. The minimum absolute atomic E-state index is 0.114. The molecule has 1 rings (SSSR count). The largest absolute Gasteiger partial charge is 0.468 e. The smallest absolute Gasteiger partial charge is 0.326 e. The topological polar surface area (TPSA) is 56.8 Å². The molecule has 2 atom stereocenters. The van der Waals surface area contributed by atoms with Crippen molar-refractivity contribution in [3.63, 3.8) is 0 Å². The number of nitrogens with one attached hydrogen (secondary N) is 1. The molecule has 0 amide bonds. The lowest BCUT2D eigenvalue weighted by atomic mass is 9.97. The number of carbonyl (C=O) groups is 1. The molecule has 5 nitrogen and oxygen atoms in total. The van der Waals surface area contributed by atoms with Gasteiger partial charge in [0.05, 0.1) is 26.4 Å². The second-order valence-corrected chi connectivity index (χ2v) is 4.33. The Morgan fingerprint density at radius 2 is 2.18 bits per heavy atom. The fourth-order valence-corrected chi connectivity index (χ4v) is 2.39. The third-order valence-corrected chi connectivity index (χ3v) is 3.20. The van der Waals surface area contributed by atoms with E-state index in [-0.39, 0.29) is 12.1 Å². The second-order valence-electron chi connectivity index (χ2n) is 4.33. The molecule has 0 bridgehead atoms. The van der Waals surface area contributed by atoms with Gasteiger partial charge in [0.1, 0.15) is 5.54 Å². The van der Waals surface area contributed by atoms with Crippen molar-refractivity contribution >= 4 is 5.97 Å². The fourth-order valence-electron chi connectivity index (χ4n) is 2.39. The van der Waals surface area contributed by atoms with Gasteiger partial charge in [-0.25, -0.2) is 0 Å². The van der Waals surface area contributed by atoms with Gasteiger partial charge in [-0.15, -0.1) is 0 Å². The second kappa shape index (κ2) is 6.93. The molecule has 0 aliphatic heterocycles. The van der Waals surface area contributed by atoms with Crippen LogP contribution in [0.2, 0.25) is 0 Å². The van der Waals surface area contributed by atoms with E-state index in [1.807, 2.05) is 6.92 Å². The molecule has 0 spiro atoms. The van der Waals surface area contributed by atoms with Gasteiger partial charge in [-0.05, 0) is 19.4 Å². The first-order valence-electron chi connectivity index (χ1n) is 6.12. The predicted molar refractivity (Wildman–Crippen MR) is 63.9 cm³/mol. The van der Waals surface area contributed by atoms with Crippen LogP contribution in [0.4, 0.5) is 0 Å². The first-order valence-corrected chi connectivity index (χ1v) is 6.12. The summed E-state index contributed by atoms with van der Waals surface area (Å²) in [4.78, 5) is 11.8. The quantitative estimate of drug-likeness (QED) is 0.529. The minimum atomic E-state index is -0.554. The van der Waals surface area contributed by atoms with Crippen molar-refractivity contribution in [3.8, 4) is 0 Å². The van der Waals surface area contributed by atoms with Gasteiger partial charge in [-0.3, -0.25) is 4.79 Å². The molecular weight excluding hydrogens is 222 g/mol. The Balaban J connectivity index is 2.49. The van der Waals surface area contributed by atoms with E-state index < -0.39 is 5.54 Å². The summed E-state index contributed by atoms with van der Waals surface area (Å²) < 4.78 is 15.5. The number of ether oxygens (including phenoxy) is 3. The molecule has 0 aromatic heterocycles. The maximum Gasteiger partial charge on any atom is 0.326 e. The molecule has 1 aliphatic carbocycles. The molecule has 5 heteroatoms. The maximum absolute atomic E-state index is 11.8. The standard InChI is InChI=1S/C12H23NO4/c1-4-13-12(11(14)16-3)6-5-10(9-12)17-8-7-15-2/h10,13H,4-9H2,1-3H3. The highest BCUT2D eigenvalue weighted by Crippen LogP contribution is 2.33. The lowest BCUT2D eigenvalue weighted by molar-refractivity contribution is -0.148. The van der Waals surface area contributed by atoms with Gasteiger partial charge >= 0.3 is 5.97 Å². The summed E-state index contributed by atoms with van der Waals surface area (Å²) in [7, 11) is 3.08. The first-order chi connectivity index (χ1) is 8.18. The highest BCUT2D eigenvalue weighted by molar-refractivity contribution is 5.81. The van der Waals surface area contributed by atoms with Crippen LogP contribution < -0.4 is 5.32 Å². The highest BCUT2D eigenvalue weighted by Gasteiger charge is 2.46. The zero-order chi connectivity index (χ0) is 12.7. The van der Waals surface area contributed by atoms with Crippen LogP contribution >= 0.6 is 0 Å². The Bertz CT molecular complexity index is 247. The normalized spacial score (nSPS) is 28.3. The molecule has 0 radical (unpaired) electrons. The van der Waals surface area contributed by atoms with Crippen LogP contribution in [0.15, 0.2) is 0 Å². The highest BCUT2D eigenvalue weighted by atomic mass is 16.5. The van der Waals surface area contributed by atoms with Crippen molar-refractivity contribution in [3.05, 3.63) is 0 Å². The lowest BCUT2D eigenvalue weighted by Crippen LogP contribution is -2.51. The van der Waals surface area contributed by atoms with Gasteiger partial charge in [0.25, 0.3) is 0 Å². The van der Waals surface area contributed by atoms with E-state index in [0.29, 0.717) is 19.6 Å². The Morgan fingerprint density at radius 1 is 1.41 bits per heavy atom. The predicted octanol–water partition coefficient (Wildman–Crippen LogP) is 0.723. The van der Waals surface area contributed by atoms with E-state index in [9.17, 15) is 4.79 Å². The number of hydrogen-bond acceptors (Lipinski definition) is 5. The number of methoxy groups -OCH3 is 2. The average Bonchev–Trinajstić information content (AvgIpc) is 2.74. The van der Waals surface area contributed by atoms with Gasteiger partial charge in [0, 0.05) is 13.5 Å². The molecule has 1 fully saturated rings. The van der Waals surface area contributed by atoms with E-state index in [1.165, 1.54) is 7.11 Å². The van der Waals surface area contributed by atoms with Gasteiger partial charge in [0.15, 0.2) is 0 Å². The van der Waals surface area contributed by atoms with Crippen molar-refractivity contribution in [2.24, 2.45) is 0 Å². The molecule has 0 heterocycles. The van der Waals surface area contributed by atoms with Crippen LogP contribution in [-0.4, -0.2) is 51.6 Å². The van der Waals surface area contributed by atoms with Crippen molar-refractivity contribution in [1.29, 1.82) is 0 Å². The van der Waals surface area contributed by atoms with E-state index in [1.54, 1.807) is 7.11 Å². The van der Waals surface area contributed by atoms with Gasteiger partial charge < -0.3 is 19.5 Å². The molecule has 1 N–H and O–H groups in total. The Labute approximate surface area is 103 Å². The third kappa shape index (κ3) is 3.66. The summed E-state index contributed by atoms with van der Waals surface area (Å²) in [6.07, 6.45) is 2.44. The van der Waals surface area contributed by atoms with Gasteiger partial charge in [-0.1, -0.05) is 6.92 Å². The SMILES string of the molecule is CCNC1(C(=O)OC)CCC(OCCOC)C1. The summed E-state index contributed by atoms with van der Waals surface area (Å²) in [5.41, 5.74) is -0.554. The third-order valence-electron chi connectivity index (χ3n) is 3.20. The van der Waals surface area contributed by atoms with Crippen molar-refractivity contribution < 1.29 is 19.0 Å². The lowest BCUT2D eigenvalue weighted by Gasteiger charge is -2.27. The van der Waals surface area contributed by atoms with Crippen LogP contribution in [0, 0.1) is 0 Å². The minimum Gasteiger partial charge on any atom is -0.468 e. The van der Waals surface area contributed by atoms with Crippen LogP contribution in [-0.2, 0) is 19.0 Å². The van der Waals surface area contributed by atoms with Crippen molar-refractivity contribution in [1.82, 2.24) is 5.32 Å². The molecule has 2 unspecified atom stereocenters. The molecule has 100 valence electrons. The molecule has 0 aromatic carbocycles. The zero-order valence-electron chi connectivity index (χ0n) is 11.0. The summed E-state index contributed by atoms with van der Waals surface area (Å²) >= 11 is 0. The number of likely N-dealkylation sites (N-methyl/N-ethyl adjacent to an activating group) is 1. The summed E-state index contributed by atoms with van der Waals surface area (Å²) in [5, 5.41) is 3.24. The number of hydrogen-bond donors (Lipinski definition) is 1. The van der Waals surface area contributed by atoms with Crippen molar-refractivity contribution in [2.75, 3.05) is 34.0 Å². The molecule has 0 aromatic rings. The average molecular weight is 245 g/mol. The Kier molecular flexibility index (Phi) is 5.88. The van der Waals surface area contributed by atoms with Gasteiger partial charge in [-0.2, -0.15) is 0 Å². The molecular formula is C12H23NO4. The van der Waals surface area contributed by atoms with Crippen LogP contribution in [0.25, 0.3) is 0 Å². The monoisotopic (exact) mass is 245 g/mol. The van der Waals surface area contributed by atoms with E-state index in [0.717, 1.165) is 19.4 Å². The van der Waals surface area contributed by atoms with Crippen molar-refractivity contribution in [2.45, 2.75) is 37.8 Å².